The van der Waals surface area contributed by atoms with Crippen LogP contribution in [0.5, 0.6) is 0 Å². The summed E-state index contributed by atoms with van der Waals surface area (Å²) in [6, 6.07) is 2.32. The van der Waals surface area contributed by atoms with E-state index in [-0.39, 0.29) is 17.1 Å². The normalized spacial score (nSPS) is 9.77. The molecule has 0 bridgehead atoms. The lowest BCUT2D eigenvalue weighted by molar-refractivity contribution is -0.114. The Morgan fingerprint density at radius 3 is 2.54 bits per heavy atom. The van der Waals surface area contributed by atoms with E-state index >= 15 is 0 Å². The van der Waals surface area contributed by atoms with Crippen LogP contribution in [0, 0.1) is 11.6 Å². The van der Waals surface area contributed by atoms with Crippen molar-refractivity contribution < 1.29 is 13.6 Å². The maximum absolute atomic E-state index is 12.8. The Morgan fingerprint density at radius 1 is 1.46 bits per heavy atom. The molecule has 0 aliphatic carbocycles. The molecule has 0 aliphatic heterocycles. The van der Waals surface area contributed by atoms with Crippen molar-refractivity contribution in [2.75, 3.05) is 5.32 Å². The topological polar surface area (TPSA) is 29.1 Å². The van der Waals surface area contributed by atoms with Gasteiger partial charge in [-0.25, -0.2) is 8.78 Å². The Labute approximate surface area is 75.4 Å². The zero-order valence-electron chi connectivity index (χ0n) is 7.32. The minimum absolute atomic E-state index is 0.170. The van der Waals surface area contributed by atoms with E-state index in [9.17, 15) is 13.6 Å². The number of hydrogen-bond acceptors (Lipinski definition) is 1. The Morgan fingerprint density at radius 2 is 2.08 bits per heavy atom. The quantitative estimate of drug-likeness (QED) is 0.618. The minimum atomic E-state index is -0.955. The minimum Gasteiger partial charge on any atom is -0.326 e. The maximum atomic E-state index is 12.8. The van der Waals surface area contributed by atoms with Crippen molar-refractivity contribution in [1.29, 1.82) is 0 Å². The lowest BCUT2D eigenvalue weighted by Gasteiger charge is -2.04. The maximum Gasteiger partial charge on any atom is 0.221 e. The van der Waals surface area contributed by atoms with Gasteiger partial charge >= 0.3 is 0 Å². The van der Waals surface area contributed by atoms with Gasteiger partial charge in [0.15, 0.2) is 11.6 Å². The zero-order chi connectivity index (χ0) is 10.0. The fourth-order valence-electron chi connectivity index (χ4n) is 1.00. The van der Waals surface area contributed by atoms with E-state index in [1.807, 2.05) is 0 Å². The van der Waals surface area contributed by atoms with Crippen LogP contribution < -0.4 is 10.8 Å². The van der Waals surface area contributed by atoms with E-state index in [2.05, 4.69) is 5.32 Å². The molecule has 1 amide bonds. The van der Waals surface area contributed by atoms with Gasteiger partial charge in [0, 0.05) is 18.7 Å². The lowest BCUT2D eigenvalue weighted by atomic mass is 9.95. The lowest BCUT2D eigenvalue weighted by Crippen LogP contribution is -2.14. The van der Waals surface area contributed by atoms with E-state index in [1.54, 1.807) is 0 Å². The third-order valence-corrected chi connectivity index (χ3v) is 1.53. The van der Waals surface area contributed by atoms with Crippen molar-refractivity contribution in [3.05, 3.63) is 23.8 Å². The highest BCUT2D eigenvalue weighted by atomic mass is 19.2. The van der Waals surface area contributed by atoms with Crippen LogP contribution in [0.3, 0.4) is 0 Å². The highest BCUT2D eigenvalue weighted by Crippen LogP contribution is 2.10. The third-order valence-electron chi connectivity index (χ3n) is 1.53. The van der Waals surface area contributed by atoms with Gasteiger partial charge in [0.1, 0.15) is 7.85 Å². The van der Waals surface area contributed by atoms with Crippen LogP contribution in [0.1, 0.15) is 6.92 Å². The number of carbonyl (C=O) groups excluding carboxylic acids is 1. The van der Waals surface area contributed by atoms with Crippen LogP contribution in [0.15, 0.2) is 12.1 Å². The molecule has 0 atom stereocenters. The summed E-state index contributed by atoms with van der Waals surface area (Å²) in [6.45, 7) is 1.30. The number of carbonyl (C=O) groups is 1. The second kappa shape index (κ2) is 3.55. The predicted octanol–water partition coefficient (Wildman–Crippen LogP) is 0.182. The SMILES string of the molecule is Bc1cc(NC(C)=O)cc(F)c1F. The fourth-order valence-corrected chi connectivity index (χ4v) is 1.00. The Bertz CT molecular complexity index is 331. The van der Waals surface area contributed by atoms with Gasteiger partial charge in [-0.1, -0.05) is 0 Å². The molecule has 1 aromatic rings. The predicted molar refractivity (Wildman–Crippen MR) is 48.8 cm³/mol. The first-order valence-electron chi connectivity index (χ1n) is 3.74. The van der Waals surface area contributed by atoms with Gasteiger partial charge in [-0.3, -0.25) is 4.79 Å². The summed E-state index contributed by atoms with van der Waals surface area (Å²) in [5, 5.41) is 2.37. The molecule has 1 rings (SSSR count). The molecule has 13 heavy (non-hydrogen) atoms. The van der Waals surface area contributed by atoms with Crippen LogP contribution >= 0.6 is 0 Å². The molecule has 68 valence electrons. The van der Waals surface area contributed by atoms with Crippen molar-refractivity contribution in [1.82, 2.24) is 0 Å². The molecule has 0 aliphatic rings. The van der Waals surface area contributed by atoms with Crippen LogP contribution in [0.25, 0.3) is 0 Å². The monoisotopic (exact) mass is 183 g/mol. The van der Waals surface area contributed by atoms with Gasteiger partial charge in [-0.15, -0.1) is 0 Å². The summed E-state index contributed by atoms with van der Waals surface area (Å²) in [4.78, 5) is 10.6. The Kier molecular flexibility index (Phi) is 2.65. The highest BCUT2D eigenvalue weighted by molar-refractivity contribution is 6.32. The van der Waals surface area contributed by atoms with E-state index in [4.69, 9.17) is 0 Å². The van der Waals surface area contributed by atoms with E-state index in [0.29, 0.717) is 0 Å². The van der Waals surface area contributed by atoms with Gasteiger partial charge < -0.3 is 5.32 Å². The molecule has 0 aromatic heterocycles. The third kappa shape index (κ3) is 2.27. The van der Waals surface area contributed by atoms with Gasteiger partial charge in [0.05, 0.1) is 0 Å². The Balaban J connectivity index is 3.06. The van der Waals surface area contributed by atoms with Gasteiger partial charge in [0.25, 0.3) is 0 Å². The fraction of sp³-hybridized carbons (Fsp3) is 0.125. The molecule has 0 spiro atoms. The summed E-state index contributed by atoms with van der Waals surface area (Å²) in [5.41, 5.74) is 0.438. The summed E-state index contributed by atoms with van der Waals surface area (Å²) >= 11 is 0. The largest absolute Gasteiger partial charge is 0.326 e. The number of benzene rings is 1. The number of halogens is 2. The van der Waals surface area contributed by atoms with Gasteiger partial charge in [0.2, 0.25) is 5.91 Å². The van der Waals surface area contributed by atoms with Crippen molar-refractivity contribution >= 4 is 24.9 Å². The number of nitrogens with one attached hydrogen (secondary N) is 1. The molecule has 0 fully saturated rings. The number of hydrogen-bond donors (Lipinski definition) is 1. The first-order chi connectivity index (χ1) is 6.00. The molecule has 0 saturated carbocycles. The van der Waals surface area contributed by atoms with Crippen LogP contribution in [-0.2, 0) is 4.79 Å². The van der Waals surface area contributed by atoms with E-state index < -0.39 is 11.6 Å². The average molecular weight is 183 g/mol. The molecule has 0 heterocycles. The standard InChI is InChI=1S/C8H8BF2NO/c1-4(13)12-5-2-6(9)8(11)7(10)3-5/h2-3H,9H2,1H3,(H,12,13). The molecular weight excluding hydrogens is 175 g/mol. The highest BCUT2D eigenvalue weighted by Gasteiger charge is 2.07. The van der Waals surface area contributed by atoms with E-state index in [1.165, 1.54) is 20.8 Å². The van der Waals surface area contributed by atoms with Crippen LogP contribution in [0.4, 0.5) is 14.5 Å². The van der Waals surface area contributed by atoms with Crippen molar-refractivity contribution in [3.63, 3.8) is 0 Å². The first kappa shape index (κ1) is 9.70. The van der Waals surface area contributed by atoms with E-state index in [0.717, 1.165) is 6.07 Å². The molecule has 5 heteroatoms. The second-order valence-electron chi connectivity index (χ2n) is 2.77. The van der Waals surface area contributed by atoms with Gasteiger partial charge in [-0.05, 0) is 11.5 Å². The number of amides is 1. The molecule has 1 aromatic carbocycles. The molecular formula is C8H8BF2NO. The second-order valence-corrected chi connectivity index (χ2v) is 2.77. The Hall–Kier alpha value is -1.39. The summed E-state index contributed by atoms with van der Waals surface area (Å²) in [6.07, 6.45) is 0. The number of rotatable bonds is 1. The molecule has 0 saturated heterocycles. The van der Waals surface area contributed by atoms with Crippen LogP contribution in [0.2, 0.25) is 0 Å². The smallest absolute Gasteiger partial charge is 0.221 e. The van der Waals surface area contributed by atoms with Crippen molar-refractivity contribution in [3.8, 4) is 0 Å². The summed E-state index contributed by atoms with van der Waals surface area (Å²) in [7, 11) is 1.43. The molecule has 2 nitrogen and oxygen atoms in total. The summed E-state index contributed by atoms with van der Waals surface area (Å²) < 4.78 is 25.5. The molecule has 0 unspecified atom stereocenters. The number of anilines is 1. The van der Waals surface area contributed by atoms with Gasteiger partial charge in [-0.2, -0.15) is 0 Å². The summed E-state index contributed by atoms with van der Waals surface area (Å²) in [5.74, 6) is -2.15. The first-order valence-corrected chi connectivity index (χ1v) is 3.74. The zero-order valence-corrected chi connectivity index (χ0v) is 7.32. The van der Waals surface area contributed by atoms with Crippen LogP contribution in [-0.4, -0.2) is 13.8 Å². The molecule has 0 radical (unpaired) electrons. The molecule has 1 N–H and O–H groups in total. The van der Waals surface area contributed by atoms with Crippen molar-refractivity contribution in [2.45, 2.75) is 6.92 Å². The average Bonchev–Trinajstić information content (AvgIpc) is 1.98. The van der Waals surface area contributed by atoms with Crippen molar-refractivity contribution in [2.24, 2.45) is 0 Å².